The van der Waals surface area contributed by atoms with E-state index in [2.05, 4.69) is 27.2 Å². The molecule has 0 atom stereocenters. The summed E-state index contributed by atoms with van der Waals surface area (Å²) in [6.45, 7) is 10.6. The average Bonchev–Trinajstić information content (AvgIpc) is 2.13. The molecule has 0 fully saturated rings. The van der Waals surface area contributed by atoms with Gasteiger partial charge in [-0.05, 0) is 20.8 Å². The molecule has 0 amide bonds. The molecule has 2 N–H and O–H groups in total. The van der Waals surface area contributed by atoms with Crippen LogP contribution in [0.15, 0.2) is 18.7 Å². The fourth-order valence-corrected chi connectivity index (χ4v) is 1.06. The van der Waals surface area contributed by atoms with Crippen LogP contribution in [0.1, 0.15) is 18.2 Å². The van der Waals surface area contributed by atoms with Crippen molar-refractivity contribution in [2.24, 2.45) is 0 Å². The molecule has 0 aliphatic heterocycles. The van der Waals surface area contributed by atoms with Crippen LogP contribution < -0.4 is 10.6 Å². The minimum absolute atomic E-state index is 0.758. The zero-order valence-corrected chi connectivity index (χ0v) is 8.89. The van der Waals surface area contributed by atoms with Gasteiger partial charge in [0.2, 0.25) is 0 Å². The normalized spacial score (nSPS) is 9.64. The fraction of sp³-hybridized carbons (Fsp3) is 0.400. The molecule has 0 unspecified atom stereocenters. The second kappa shape index (κ2) is 4.60. The lowest BCUT2D eigenvalue weighted by atomic mass is 10.2. The maximum absolute atomic E-state index is 4.14. The molecular formula is C10H16N4. The number of nitrogens with zero attached hydrogens (tertiary/aromatic N) is 2. The summed E-state index contributed by atoms with van der Waals surface area (Å²) >= 11 is 0. The quantitative estimate of drug-likeness (QED) is 0.760. The van der Waals surface area contributed by atoms with E-state index in [4.69, 9.17) is 0 Å². The van der Waals surface area contributed by atoms with E-state index in [1.807, 2.05) is 20.8 Å². The monoisotopic (exact) mass is 192 g/mol. The number of aromatic nitrogens is 2. The van der Waals surface area contributed by atoms with Crippen LogP contribution in [0.5, 0.6) is 0 Å². The zero-order chi connectivity index (χ0) is 10.6. The maximum Gasteiger partial charge on any atom is 0.138 e. The lowest BCUT2D eigenvalue weighted by molar-refractivity contribution is 0.859. The summed E-state index contributed by atoms with van der Waals surface area (Å²) < 4.78 is 0. The third kappa shape index (κ3) is 2.45. The molecule has 0 radical (unpaired) electrons. The Hall–Kier alpha value is -1.58. The van der Waals surface area contributed by atoms with Crippen LogP contribution in [0.4, 0.5) is 5.82 Å². The van der Waals surface area contributed by atoms with Gasteiger partial charge < -0.3 is 10.6 Å². The number of nitrogens with one attached hydrogen (secondary N) is 2. The highest BCUT2D eigenvalue weighted by molar-refractivity contribution is 5.48. The van der Waals surface area contributed by atoms with E-state index in [1.54, 1.807) is 6.33 Å². The van der Waals surface area contributed by atoms with Gasteiger partial charge in [-0.2, -0.15) is 0 Å². The first-order chi connectivity index (χ1) is 6.65. The fourth-order valence-electron chi connectivity index (χ4n) is 1.06. The predicted octanol–water partition coefficient (Wildman–Crippen LogP) is 1.59. The van der Waals surface area contributed by atoms with Crippen LogP contribution in [0, 0.1) is 13.8 Å². The highest BCUT2D eigenvalue weighted by atomic mass is 15.1. The second-order valence-corrected chi connectivity index (χ2v) is 3.07. The van der Waals surface area contributed by atoms with Crippen molar-refractivity contribution in [3.05, 3.63) is 30.0 Å². The van der Waals surface area contributed by atoms with Gasteiger partial charge in [-0.15, -0.1) is 0 Å². The Kier molecular flexibility index (Phi) is 3.45. The minimum Gasteiger partial charge on any atom is -0.372 e. The summed E-state index contributed by atoms with van der Waals surface area (Å²) in [7, 11) is 0. The molecule has 1 heterocycles. The molecule has 0 aliphatic carbocycles. The van der Waals surface area contributed by atoms with Gasteiger partial charge in [0.1, 0.15) is 12.1 Å². The Labute approximate surface area is 84.5 Å². The average molecular weight is 192 g/mol. The summed E-state index contributed by atoms with van der Waals surface area (Å²) in [5, 5.41) is 6.17. The second-order valence-electron chi connectivity index (χ2n) is 3.07. The SMILES string of the molecule is C=C(NCC)Nc1ncnc(C)c1C. The van der Waals surface area contributed by atoms with Crippen molar-refractivity contribution in [2.75, 3.05) is 11.9 Å². The van der Waals surface area contributed by atoms with Crippen LogP contribution in [-0.4, -0.2) is 16.5 Å². The smallest absolute Gasteiger partial charge is 0.138 e. The zero-order valence-electron chi connectivity index (χ0n) is 8.89. The Balaban J connectivity index is 2.76. The van der Waals surface area contributed by atoms with Gasteiger partial charge in [-0.3, -0.25) is 0 Å². The molecule has 0 aliphatic rings. The van der Waals surface area contributed by atoms with Crippen molar-refractivity contribution in [2.45, 2.75) is 20.8 Å². The predicted molar refractivity (Wildman–Crippen MR) is 57.9 cm³/mol. The van der Waals surface area contributed by atoms with Crippen molar-refractivity contribution >= 4 is 5.82 Å². The van der Waals surface area contributed by atoms with Gasteiger partial charge >= 0.3 is 0 Å². The van der Waals surface area contributed by atoms with E-state index >= 15 is 0 Å². The summed E-state index contributed by atoms with van der Waals surface area (Å²) in [5.74, 6) is 1.57. The van der Waals surface area contributed by atoms with Crippen LogP contribution in [0.2, 0.25) is 0 Å². The van der Waals surface area contributed by atoms with Crippen LogP contribution >= 0.6 is 0 Å². The Bertz CT molecular complexity index is 333. The number of anilines is 1. The van der Waals surface area contributed by atoms with E-state index in [9.17, 15) is 0 Å². The molecule has 1 rings (SSSR count). The third-order valence-electron chi connectivity index (χ3n) is 2.00. The van der Waals surface area contributed by atoms with Gasteiger partial charge in [-0.25, -0.2) is 9.97 Å². The molecule has 0 aromatic carbocycles. The van der Waals surface area contributed by atoms with Crippen molar-refractivity contribution in [1.82, 2.24) is 15.3 Å². The summed E-state index contributed by atoms with van der Waals surface area (Å²) in [6, 6.07) is 0. The van der Waals surface area contributed by atoms with Crippen molar-refractivity contribution in [3.63, 3.8) is 0 Å². The van der Waals surface area contributed by atoms with Crippen LogP contribution in [-0.2, 0) is 0 Å². The van der Waals surface area contributed by atoms with Gasteiger partial charge in [0.25, 0.3) is 0 Å². The molecule has 1 aromatic heterocycles. The van der Waals surface area contributed by atoms with Gasteiger partial charge in [0, 0.05) is 17.8 Å². The molecule has 0 saturated carbocycles. The van der Waals surface area contributed by atoms with Gasteiger partial charge in [0.05, 0.1) is 5.82 Å². The first-order valence-electron chi connectivity index (χ1n) is 4.63. The number of hydrogen-bond donors (Lipinski definition) is 2. The highest BCUT2D eigenvalue weighted by Crippen LogP contribution is 2.13. The Morgan fingerprint density at radius 2 is 2.14 bits per heavy atom. The summed E-state index contributed by atoms with van der Waals surface area (Å²) in [6.07, 6.45) is 1.55. The molecule has 0 bridgehead atoms. The largest absolute Gasteiger partial charge is 0.372 e. The van der Waals surface area contributed by atoms with Crippen LogP contribution in [0.3, 0.4) is 0 Å². The van der Waals surface area contributed by atoms with E-state index in [1.165, 1.54) is 0 Å². The molecule has 0 saturated heterocycles. The number of rotatable bonds is 4. The topological polar surface area (TPSA) is 49.8 Å². The molecule has 4 nitrogen and oxygen atoms in total. The lowest BCUT2D eigenvalue weighted by Crippen LogP contribution is -2.19. The Morgan fingerprint density at radius 3 is 2.79 bits per heavy atom. The van der Waals surface area contributed by atoms with Crippen molar-refractivity contribution in [1.29, 1.82) is 0 Å². The maximum atomic E-state index is 4.14. The van der Waals surface area contributed by atoms with E-state index < -0.39 is 0 Å². The molecule has 14 heavy (non-hydrogen) atoms. The molecule has 1 aromatic rings. The van der Waals surface area contributed by atoms with E-state index in [0.29, 0.717) is 0 Å². The Morgan fingerprint density at radius 1 is 1.43 bits per heavy atom. The van der Waals surface area contributed by atoms with Crippen molar-refractivity contribution in [3.8, 4) is 0 Å². The van der Waals surface area contributed by atoms with Crippen LogP contribution in [0.25, 0.3) is 0 Å². The number of aryl methyl sites for hydroxylation is 1. The standard InChI is InChI=1S/C10H16N4/c1-5-11-9(4)14-10-7(2)8(3)12-6-13-10/h6,11H,4-5H2,1-3H3,(H,12,13,14). The lowest BCUT2D eigenvalue weighted by Gasteiger charge is -2.12. The minimum atomic E-state index is 0.758. The molecule has 0 spiro atoms. The first kappa shape index (κ1) is 10.5. The first-order valence-corrected chi connectivity index (χ1v) is 4.63. The highest BCUT2D eigenvalue weighted by Gasteiger charge is 2.03. The van der Waals surface area contributed by atoms with E-state index in [-0.39, 0.29) is 0 Å². The van der Waals surface area contributed by atoms with Crippen molar-refractivity contribution < 1.29 is 0 Å². The summed E-state index contributed by atoms with van der Waals surface area (Å²) in [5.41, 5.74) is 2.03. The molecule has 76 valence electrons. The third-order valence-corrected chi connectivity index (χ3v) is 2.00. The van der Waals surface area contributed by atoms with Gasteiger partial charge in [-0.1, -0.05) is 6.58 Å². The van der Waals surface area contributed by atoms with Gasteiger partial charge in [0.15, 0.2) is 0 Å². The summed E-state index contributed by atoms with van der Waals surface area (Å²) in [4.78, 5) is 8.23. The molecule has 4 heteroatoms. The van der Waals surface area contributed by atoms with E-state index in [0.717, 1.165) is 29.4 Å². The molecular weight excluding hydrogens is 176 g/mol. The number of hydrogen-bond acceptors (Lipinski definition) is 4.